The lowest BCUT2D eigenvalue weighted by Crippen LogP contribution is -2.25. The van der Waals surface area contributed by atoms with E-state index in [1.807, 2.05) is 0 Å². The van der Waals surface area contributed by atoms with Gasteiger partial charge in [-0.2, -0.15) is 0 Å². The highest BCUT2D eigenvalue weighted by Gasteiger charge is 2.21. The van der Waals surface area contributed by atoms with Gasteiger partial charge >= 0.3 is 0 Å². The van der Waals surface area contributed by atoms with E-state index in [9.17, 15) is 0 Å². The van der Waals surface area contributed by atoms with E-state index in [0.29, 0.717) is 6.10 Å². The summed E-state index contributed by atoms with van der Waals surface area (Å²) in [4.78, 5) is 0. The first kappa shape index (κ1) is 9.40. The fraction of sp³-hybridized carbons (Fsp3) is 1.00. The highest BCUT2D eigenvalue weighted by atomic mass is 32.2. The minimum absolute atomic E-state index is 0.552. The Labute approximate surface area is 73.9 Å². The van der Waals surface area contributed by atoms with Crippen LogP contribution < -0.4 is 0 Å². The van der Waals surface area contributed by atoms with E-state index in [1.54, 1.807) is 11.8 Å². The van der Waals surface area contributed by atoms with Gasteiger partial charge < -0.3 is 4.74 Å². The fourth-order valence-electron chi connectivity index (χ4n) is 1.69. The Morgan fingerprint density at radius 3 is 2.73 bits per heavy atom. The third-order valence-corrected chi connectivity index (χ3v) is 2.80. The van der Waals surface area contributed by atoms with Crippen molar-refractivity contribution >= 4 is 11.8 Å². The zero-order valence-corrected chi connectivity index (χ0v) is 8.32. The molecule has 0 aromatic rings. The Morgan fingerprint density at radius 2 is 2.09 bits per heavy atom. The van der Waals surface area contributed by atoms with Gasteiger partial charge in [0.05, 0.1) is 12.0 Å². The van der Waals surface area contributed by atoms with Crippen molar-refractivity contribution in [1.82, 2.24) is 0 Å². The zero-order valence-electron chi connectivity index (χ0n) is 7.51. The molecule has 0 spiro atoms. The van der Waals surface area contributed by atoms with E-state index in [-0.39, 0.29) is 0 Å². The zero-order chi connectivity index (χ0) is 8.10. The first-order valence-corrected chi connectivity index (χ1v) is 5.84. The lowest BCUT2D eigenvalue weighted by molar-refractivity contribution is 0.0220. The van der Waals surface area contributed by atoms with Crippen LogP contribution in [0.4, 0.5) is 0 Å². The van der Waals surface area contributed by atoms with Crippen LogP contribution in [0.3, 0.4) is 0 Å². The Hall–Kier alpha value is 0.310. The maximum atomic E-state index is 5.71. The van der Waals surface area contributed by atoms with Gasteiger partial charge in [0.25, 0.3) is 0 Å². The summed E-state index contributed by atoms with van der Waals surface area (Å²) in [6, 6.07) is 0. The van der Waals surface area contributed by atoms with Crippen LogP contribution >= 0.6 is 11.8 Å². The summed E-state index contributed by atoms with van der Waals surface area (Å²) in [5.74, 6) is 1.66. The SMILES string of the molecule is CSCO[C@H]1CCCC[C@H]1C. The predicted octanol–water partition coefficient (Wildman–Crippen LogP) is 2.90. The van der Waals surface area contributed by atoms with Gasteiger partial charge in [-0.05, 0) is 25.0 Å². The molecule has 1 aliphatic carbocycles. The Balaban J connectivity index is 2.18. The van der Waals surface area contributed by atoms with Crippen molar-refractivity contribution in [2.24, 2.45) is 5.92 Å². The summed E-state index contributed by atoms with van der Waals surface area (Å²) in [5, 5.41) is 0. The van der Waals surface area contributed by atoms with E-state index in [0.717, 1.165) is 11.9 Å². The predicted molar refractivity (Wildman–Crippen MR) is 50.9 cm³/mol. The largest absolute Gasteiger partial charge is 0.367 e. The van der Waals surface area contributed by atoms with Gasteiger partial charge in [-0.25, -0.2) is 0 Å². The highest BCUT2D eigenvalue weighted by molar-refractivity contribution is 7.98. The van der Waals surface area contributed by atoms with Gasteiger partial charge in [0, 0.05) is 0 Å². The lowest BCUT2D eigenvalue weighted by Gasteiger charge is -2.28. The van der Waals surface area contributed by atoms with Crippen LogP contribution in [0.1, 0.15) is 32.6 Å². The lowest BCUT2D eigenvalue weighted by atomic mass is 9.88. The molecule has 1 rings (SSSR count). The number of thioether (sulfide) groups is 1. The standard InChI is InChI=1S/C9H18OS/c1-8-5-3-4-6-9(8)10-7-11-2/h8-9H,3-7H2,1-2H3/t8-,9+/m1/s1. The van der Waals surface area contributed by atoms with Crippen molar-refractivity contribution in [2.75, 3.05) is 12.2 Å². The minimum Gasteiger partial charge on any atom is -0.367 e. The molecule has 0 aromatic heterocycles. The molecule has 0 aliphatic heterocycles. The van der Waals surface area contributed by atoms with Crippen molar-refractivity contribution in [1.29, 1.82) is 0 Å². The molecule has 0 heterocycles. The Kier molecular flexibility index (Phi) is 4.31. The summed E-state index contributed by atoms with van der Waals surface area (Å²) in [5.41, 5.74) is 0. The van der Waals surface area contributed by atoms with Crippen LogP contribution in [0.15, 0.2) is 0 Å². The molecule has 0 saturated heterocycles. The second-order valence-electron chi connectivity index (χ2n) is 3.37. The molecule has 2 heteroatoms. The quantitative estimate of drug-likeness (QED) is 0.608. The van der Waals surface area contributed by atoms with E-state index < -0.39 is 0 Å². The van der Waals surface area contributed by atoms with Crippen LogP contribution in [-0.4, -0.2) is 18.3 Å². The molecule has 1 nitrogen and oxygen atoms in total. The molecule has 1 saturated carbocycles. The molecule has 0 N–H and O–H groups in total. The maximum absolute atomic E-state index is 5.71. The minimum atomic E-state index is 0.552. The smallest absolute Gasteiger partial charge is 0.0922 e. The normalized spacial score (nSPS) is 32.2. The molecular weight excluding hydrogens is 156 g/mol. The summed E-state index contributed by atoms with van der Waals surface area (Å²) < 4.78 is 5.71. The second kappa shape index (κ2) is 5.04. The van der Waals surface area contributed by atoms with Crippen LogP contribution in [-0.2, 0) is 4.74 Å². The number of hydrogen-bond acceptors (Lipinski definition) is 2. The van der Waals surface area contributed by atoms with Crippen LogP contribution in [0.25, 0.3) is 0 Å². The third kappa shape index (κ3) is 3.04. The van der Waals surface area contributed by atoms with E-state index >= 15 is 0 Å². The van der Waals surface area contributed by atoms with Crippen LogP contribution in [0, 0.1) is 5.92 Å². The van der Waals surface area contributed by atoms with Crippen molar-refractivity contribution in [3.8, 4) is 0 Å². The van der Waals surface area contributed by atoms with Crippen LogP contribution in [0.5, 0.6) is 0 Å². The summed E-state index contributed by atoms with van der Waals surface area (Å²) in [6.45, 7) is 2.31. The first-order chi connectivity index (χ1) is 5.34. The number of hydrogen-bond donors (Lipinski definition) is 0. The molecule has 0 amide bonds. The fourth-order valence-corrected chi connectivity index (χ4v) is 2.00. The highest BCUT2D eigenvalue weighted by Crippen LogP contribution is 2.26. The van der Waals surface area contributed by atoms with Crippen molar-refractivity contribution in [3.63, 3.8) is 0 Å². The Morgan fingerprint density at radius 1 is 1.36 bits per heavy atom. The van der Waals surface area contributed by atoms with Gasteiger partial charge in [0.1, 0.15) is 0 Å². The van der Waals surface area contributed by atoms with Gasteiger partial charge in [0.15, 0.2) is 0 Å². The molecule has 0 radical (unpaired) electrons. The van der Waals surface area contributed by atoms with Gasteiger partial charge in [-0.1, -0.05) is 19.8 Å². The topological polar surface area (TPSA) is 9.23 Å². The summed E-state index contributed by atoms with van der Waals surface area (Å²) >= 11 is 1.78. The molecule has 0 unspecified atom stereocenters. The molecule has 0 aromatic carbocycles. The van der Waals surface area contributed by atoms with E-state index in [2.05, 4.69) is 13.2 Å². The average Bonchev–Trinajstić information content (AvgIpc) is 2.03. The average molecular weight is 174 g/mol. The molecule has 0 bridgehead atoms. The first-order valence-electron chi connectivity index (χ1n) is 4.45. The molecule has 2 atom stereocenters. The monoisotopic (exact) mass is 174 g/mol. The van der Waals surface area contributed by atoms with Crippen molar-refractivity contribution < 1.29 is 4.74 Å². The van der Waals surface area contributed by atoms with Crippen molar-refractivity contribution in [3.05, 3.63) is 0 Å². The molecular formula is C9H18OS. The van der Waals surface area contributed by atoms with Crippen molar-refractivity contribution in [2.45, 2.75) is 38.7 Å². The third-order valence-electron chi connectivity index (χ3n) is 2.43. The number of rotatable bonds is 3. The summed E-state index contributed by atoms with van der Waals surface area (Å²) in [7, 11) is 0. The Bertz CT molecular complexity index is 106. The van der Waals surface area contributed by atoms with Gasteiger partial charge in [-0.15, -0.1) is 11.8 Å². The molecule has 11 heavy (non-hydrogen) atoms. The van der Waals surface area contributed by atoms with Gasteiger partial charge in [0.2, 0.25) is 0 Å². The number of ether oxygens (including phenoxy) is 1. The van der Waals surface area contributed by atoms with E-state index in [4.69, 9.17) is 4.74 Å². The van der Waals surface area contributed by atoms with Gasteiger partial charge in [-0.3, -0.25) is 0 Å². The molecule has 66 valence electrons. The van der Waals surface area contributed by atoms with Crippen LogP contribution in [0.2, 0.25) is 0 Å². The van der Waals surface area contributed by atoms with E-state index in [1.165, 1.54) is 25.7 Å². The summed E-state index contributed by atoms with van der Waals surface area (Å²) in [6.07, 6.45) is 8.05. The maximum Gasteiger partial charge on any atom is 0.0922 e. The molecule has 1 aliphatic rings. The second-order valence-corrected chi connectivity index (χ2v) is 4.19. The molecule has 1 fully saturated rings.